The van der Waals surface area contributed by atoms with Crippen molar-refractivity contribution in [2.45, 2.75) is 57.2 Å². The summed E-state index contributed by atoms with van der Waals surface area (Å²) < 4.78 is 19.2. The number of rotatable bonds is 5. The van der Waals surface area contributed by atoms with Crippen molar-refractivity contribution in [1.29, 1.82) is 0 Å². The van der Waals surface area contributed by atoms with Crippen LogP contribution in [-0.4, -0.2) is 69.1 Å². The highest BCUT2D eigenvalue weighted by atomic mass is 16.6. The van der Waals surface area contributed by atoms with Crippen LogP contribution in [0.2, 0.25) is 0 Å². The van der Waals surface area contributed by atoms with E-state index in [1.807, 2.05) is 22.9 Å². The molecular formula is C24H30N6O4. The van der Waals surface area contributed by atoms with Crippen molar-refractivity contribution >= 4 is 10.9 Å². The zero-order chi connectivity index (χ0) is 22.9. The average molecular weight is 467 g/mol. The first-order valence-corrected chi connectivity index (χ1v) is 12.3. The van der Waals surface area contributed by atoms with E-state index in [-0.39, 0.29) is 17.7 Å². The molecule has 3 aliphatic heterocycles. The molecule has 6 rings (SSSR count). The molecule has 0 spiro atoms. The summed E-state index contributed by atoms with van der Waals surface area (Å²) in [5.41, 5.74) is 1.24. The fraction of sp³-hybridized carbons (Fsp3) is 0.583. The van der Waals surface area contributed by atoms with Crippen molar-refractivity contribution in [3.63, 3.8) is 0 Å². The second kappa shape index (κ2) is 9.34. The van der Waals surface area contributed by atoms with Gasteiger partial charge in [0.1, 0.15) is 19.3 Å². The molecule has 180 valence electrons. The van der Waals surface area contributed by atoms with Gasteiger partial charge in [0.25, 0.3) is 5.56 Å². The largest absolute Gasteiger partial charge is 0.486 e. The van der Waals surface area contributed by atoms with Gasteiger partial charge >= 0.3 is 0 Å². The molecule has 0 aliphatic carbocycles. The second-order valence-corrected chi connectivity index (χ2v) is 9.34. The van der Waals surface area contributed by atoms with Gasteiger partial charge in [0.2, 0.25) is 0 Å². The maximum Gasteiger partial charge on any atom is 0.253 e. The van der Waals surface area contributed by atoms with E-state index in [1.165, 1.54) is 12.8 Å². The number of ether oxygens (including phenoxy) is 3. The Balaban J connectivity index is 1.44. The van der Waals surface area contributed by atoms with Gasteiger partial charge < -0.3 is 19.2 Å². The first-order chi connectivity index (χ1) is 16.8. The highest BCUT2D eigenvalue weighted by Gasteiger charge is 2.32. The van der Waals surface area contributed by atoms with Crippen molar-refractivity contribution in [2.75, 3.05) is 32.9 Å². The number of tetrazole rings is 1. The number of aromatic amines is 1. The van der Waals surface area contributed by atoms with Crippen LogP contribution in [0.25, 0.3) is 10.9 Å². The van der Waals surface area contributed by atoms with Gasteiger partial charge in [0.15, 0.2) is 17.3 Å². The molecule has 1 aromatic carbocycles. The molecule has 1 N–H and O–H groups in total. The highest BCUT2D eigenvalue weighted by Crippen LogP contribution is 2.35. The molecule has 2 atom stereocenters. The van der Waals surface area contributed by atoms with E-state index >= 15 is 0 Å². The SMILES string of the molecule is O=c1[nH]c2cc3c(cc2cc1[C@@H](c1nnnn1C[C@H]1CCCO1)N1CCCCCC1)OCCO3. The Kier molecular flexibility index (Phi) is 5.92. The molecule has 2 aromatic heterocycles. The number of fused-ring (bicyclic) bond motifs is 2. The summed E-state index contributed by atoms with van der Waals surface area (Å²) in [7, 11) is 0. The topological polar surface area (TPSA) is 107 Å². The van der Waals surface area contributed by atoms with Crippen molar-refractivity contribution in [3.8, 4) is 11.5 Å². The van der Waals surface area contributed by atoms with E-state index in [0.717, 1.165) is 56.3 Å². The van der Waals surface area contributed by atoms with Crippen LogP contribution in [0, 0.1) is 0 Å². The number of nitrogens with one attached hydrogen (secondary N) is 1. The number of nitrogens with zero attached hydrogens (tertiary/aromatic N) is 5. The minimum atomic E-state index is -0.337. The minimum Gasteiger partial charge on any atom is -0.486 e. The zero-order valence-corrected chi connectivity index (χ0v) is 19.2. The van der Waals surface area contributed by atoms with Crippen LogP contribution in [-0.2, 0) is 11.3 Å². The number of H-pyrrole nitrogens is 1. The maximum atomic E-state index is 13.5. The molecule has 0 saturated carbocycles. The quantitative estimate of drug-likeness (QED) is 0.611. The summed E-state index contributed by atoms with van der Waals surface area (Å²) in [4.78, 5) is 18.9. The van der Waals surface area contributed by atoms with Gasteiger partial charge in [-0.1, -0.05) is 12.8 Å². The van der Waals surface area contributed by atoms with Crippen molar-refractivity contribution in [3.05, 3.63) is 39.9 Å². The van der Waals surface area contributed by atoms with E-state index in [2.05, 4.69) is 25.4 Å². The Morgan fingerprint density at radius 1 is 1.00 bits per heavy atom. The number of aromatic nitrogens is 5. The summed E-state index contributed by atoms with van der Waals surface area (Å²) >= 11 is 0. The van der Waals surface area contributed by atoms with Gasteiger partial charge in [-0.25, -0.2) is 4.68 Å². The van der Waals surface area contributed by atoms with Crippen LogP contribution in [0.5, 0.6) is 11.5 Å². The molecule has 10 nitrogen and oxygen atoms in total. The van der Waals surface area contributed by atoms with Gasteiger partial charge in [-0.2, -0.15) is 0 Å². The summed E-state index contributed by atoms with van der Waals surface area (Å²) in [5.74, 6) is 2.05. The second-order valence-electron chi connectivity index (χ2n) is 9.34. The number of benzene rings is 1. The van der Waals surface area contributed by atoms with E-state index in [9.17, 15) is 4.79 Å². The third-order valence-electron chi connectivity index (χ3n) is 7.04. The molecule has 0 unspecified atom stereocenters. The first-order valence-electron chi connectivity index (χ1n) is 12.3. The van der Waals surface area contributed by atoms with Gasteiger partial charge in [-0.3, -0.25) is 9.69 Å². The molecule has 10 heteroatoms. The molecule has 2 saturated heterocycles. The van der Waals surface area contributed by atoms with Crippen LogP contribution in [0.15, 0.2) is 23.0 Å². The lowest BCUT2D eigenvalue weighted by atomic mass is 10.0. The molecule has 0 bridgehead atoms. The molecule has 0 amide bonds. The van der Waals surface area contributed by atoms with Crippen LogP contribution in [0.4, 0.5) is 0 Å². The van der Waals surface area contributed by atoms with Crippen LogP contribution >= 0.6 is 0 Å². The van der Waals surface area contributed by atoms with E-state index < -0.39 is 0 Å². The molecule has 3 aromatic rings. The average Bonchev–Trinajstić information content (AvgIpc) is 3.45. The predicted octanol–water partition coefficient (Wildman–Crippen LogP) is 2.43. The fourth-order valence-corrected chi connectivity index (χ4v) is 5.33. The normalized spacial score (nSPS) is 22.1. The Labute approximate surface area is 197 Å². The minimum absolute atomic E-state index is 0.102. The lowest BCUT2D eigenvalue weighted by Gasteiger charge is -2.30. The number of hydrogen-bond acceptors (Lipinski definition) is 8. The zero-order valence-electron chi connectivity index (χ0n) is 19.2. The molecule has 3 aliphatic rings. The van der Waals surface area contributed by atoms with Crippen molar-refractivity contribution in [1.82, 2.24) is 30.1 Å². The monoisotopic (exact) mass is 466 g/mol. The lowest BCUT2D eigenvalue weighted by Crippen LogP contribution is -2.36. The third-order valence-corrected chi connectivity index (χ3v) is 7.04. The molecule has 2 fully saturated rings. The Morgan fingerprint density at radius 3 is 2.56 bits per heavy atom. The van der Waals surface area contributed by atoms with Crippen LogP contribution < -0.4 is 15.0 Å². The van der Waals surface area contributed by atoms with Crippen LogP contribution in [0.1, 0.15) is 56.0 Å². The first kappa shape index (κ1) is 21.5. The van der Waals surface area contributed by atoms with Crippen molar-refractivity contribution < 1.29 is 14.2 Å². The molecule has 0 radical (unpaired) electrons. The molecule has 34 heavy (non-hydrogen) atoms. The predicted molar refractivity (Wildman–Crippen MR) is 124 cm³/mol. The van der Waals surface area contributed by atoms with Gasteiger partial charge in [-0.05, 0) is 61.3 Å². The Morgan fingerprint density at radius 2 is 1.79 bits per heavy atom. The summed E-state index contributed by atoms with van der Waals surface area (Å²) in [5, 5.41) is 13.6. The van der Waals surface area contributed by atoms with Gasteiger partial charge in [-0.15, -0.1) is 5.10 Å². The van der Waals surface area contributed by atoms with Gasteiger partial charge in [0.05, 0.1) is 18.2 Å². The highest BCUT2D eigenvalue weighted by molar-refractivity contribution is 5.83. The number of likely N-dealkylation sites (tertiary alicyclic amines) is 1. The van der Waals surface area contributed by atoms with Crippen LogP contribution in [0.3, 0.4) is 0 Å². The molecular weight excluding hydrogens is 436 g/mol. The summed E-state index contributed by atoms with van der Waals surface area (Å²) in [6.07, 6.45) is 6.73. The van der Waals surface area contributed by atoms with E-state index in [1.54, 1.807) is 0 Å². The number of hydrogen-bond donors (Lipinski definition) is 1. The lowest BCUT2D eigenvalue weighted by molar-refractivity contribution is 0.0909. The van der Waals surface area contributed by atoms with E-state index in [0.29, 0.717) is 42.6 Å². The molecule has 5 heterocycles. The number of pyridine rings is 1. The smallest absolute Gasteiger partial charge is 0.253 e. The Hall–Kier alpha value is -2.98. The van der Waals surface area contributed by atoms with E-state index in [4.69, 9.17) is 14.2 Å². The van der Waals surface area contributed by atoms with Crippen molar-refractivity contribution in [2.24, 2.45) is 0 Å². The third kappa shape index (κ3) is 4.16. The van der Waals surface area contributed by atoms with Gasteiger partial charge in [0, 0.05) is 23.6 Å². The summed E-state index contributed by atoms with van der Waals surface area (Å²) in [6.45, 7) is 4.19. The fourth-order valence-electron chi connectivity index (χ4n) is 5.33. The Bertz CT molecular complexity index is 1210. The summed E-state index contributed by atoms with van der Waals surface area (Å²) in [6, 6.07) is 5.42. The standard InChI is InChI=1S/C24H30N6O4/c31-24-18(12-16-13-20-21(14-19(16)25-24)34-11-10-33-20)22(29-7-3-1-2-4-8-29)23-26-27-28-30(23)15-17-6-5-9-32-17/h12-14,17,22H,1-11,15H2,(H,25,31)/t17-,22+/m1/s1. The maximum absolute atomic E-state index is 13.5.